The molecule has 0 amide bonds. The number of esters is 2. The van der Waals surface area contributed by atoms with Crippen LogP contribution >= 0.6 is 0 Å². The summed E-state index contributed by atoms with van der Waals surface area (Å²) in [5, 5.41) is 0. The topological polar surface area (TPSA) is 52.6 Å². The maximum absolute atomic E-state index is 13.6. The van der Waals surface area contributed by atoms with Gasteiger partial charge in [0.15, 0.2) is 6.10 Å². The van der Waals surface area contributed by atoms with Crippen molar-refractivity contribution in [1.82, 2.24) is 0 Å². The first-order valence-corrected chi connectivity index (χ1v) is 6.07. The highest BCUT2D eigenvalue weighted by molar-refractivity contribution is 5.93. The number of cyclic esters (lactones) is 1. The Kier molecular flexibility index (Phi) is 4.16. The number of benzene rings is 1. The number of carbonyl (C=O) groups excluding carboxylic acids is 2. The van der Waals surface area contributed by atoms with Crippen molar-refractivity contribution in [3.63, 3.8) is 0 Å². The summed E-state index contributed by atoms with van der Waals surface area (Å²) in [5.41, 5.74) is 0.628. The molecule has 0 aliphatic carbocycles. The number of halogens is 2. The molecule has 0 bridgehead atoms. The maximum Gasteiger partial charge on any atom is 0.338 e. The quantitative estimate of drug-likeness (QED) is 0.804. The van der Waals surface area contributed by atoms with Crippen LogP contribution in [0.5, 0.6) is 0 Å². The second-order valence-electron chi connectivity index (χ2n) is 4.30. The van der Waals surface area contributed by atoms with E-state index in [1.807, 2.05) is 0 Å². The Balaban J connectivity index is 2.28. The highest BCUT2D eigenvalue weighted by Gasteiger charge is 2.41. The fourth-order valence-electron chi connectivity index (χ4n) is 1.81. The first-order chi connectivity index (χ1) is 9.94. The van der Waals surface area contributed by atoms with Crippen LogP contribution in [-0.4, -0.2) is 31.1 Å². The summed E-state index contributed by atoms with van der Waals surface area (Å²) in [7, 11) is 1.23. The molecule has 1 heterocycles. The summed E-state index contributed by atoms with van der Waals surface area (Å²) < 4.78 is 36.3. The molecule has 110 valence electrons. The van der Waals surface area contributed by atoms with E-state index in [1.165, 1.54) is 19.3 Å². The van der Waals surface area contributed by atoms with Crippen LogP contribution in [-0.2, 0) is 14.3 Å². The Morgan fingerprint density at radius 1 is 1.38 bits per heavy atom. The molecule has 2 rings (SSSR count). The largest absolute Gasteiger partial charge is 0.465 e. The van der Waals surface area contributed by atoms with Crippen molar-refractivity contribution < 1.29 is 27.8 Å². The zero-order valence-electron chi connectivity index (χ0n) is 11.1. The molecule has 0 saturated heterocycles. The molecular weight excluding hydrogens is 282 g/mol. The second kappa shape index (κ2) is 5.87. The molecule has 4 nitrogen and oxygen atoms in total. The molecular formula is C15H12F2O4. The lowest BCUT2D eigenvalue weighted by Crippen LogP contribution is -2.37. The van der Waals surface area contributed by atoms with Crippen LogP contribution in [0.3, 0.4) is 0 Å². The van der Waals surface area contributed by atoms with Crippen LogP contribution in [0.2, 0.25) is 0 Å². The molecule has 1 aromatic rings. The molecule has 0 radical (unpaired) electrons. The first-order valence-electron chi connectivity index (χ1n) is 6.07. The van der Waals surface area contributed by atoms with Gasteiger partial charge in [0.05, 0.1) is 12.7 Å². The van der Waals surface area contributed by atoms with Crippen molar-refractivity contribution in [2.24, 2.45) is 0 Å². The van der Waals surface area contributed by atoms with Gasteiger partial charge < -0.3 is 9.47 Å². The summed E-state index contributed by atoms with van der Waals surface area (Å²) in [4.78, 5) is 22.6. The number of methoxy groups -OCH3 is 1. The standard InChI is InChI=1S/C15H12F2O4/c1-20-14(19)11-5-3-2-4-10(11)6-7-12-15(16,17)9-8-13(18)21-12/h2-9,12H,1H3/b7-6+/t12-/m1/s1. The number of carbonyl (C=O) groups is 2. The van der Waals surface area contributed by atoms with E-state index in [2.05, 4.69) is 9.47 Å². The van der Waals surface area contributed by atoms with E-state index in [9.17, 15) is 18.4 Å². The second-order valence-corrected chi connectivity index (χ2v) is 4.30. The Morgan fingerprint density at radius 2 is 2.10 bits per heavy atom. The summed E-state index contributed by atoms with van der Waals surface area (Å²) >= 11 is 0. The van der Waals surface area contributed by atoms with Crippen LogP contribution in [0.15, 0.2) is 42.5 Å². The highest BCUT2D eigenvalue weighted by atomic mass is 19.3. The van der Waals surface area contributed by atoms with Crippen molar-refractivity contribution in [3.05, 3.63) is 53.6 Å². The van der Waals surface area contributed by atoms with Crippen LogP contribution in [0.1, 0.15) is 15.9 Å². The van der Waals surface area contributed by atoms with Crippen LogP contribution < -0.4 is 0 Å². The normalized spacial score (nSPS) is 20.3. The Hall–Kier alpha value is -2.50. The summed E-state index contributed by atoms with van der Waals surface area (Å²) in [6.07, 6.45) is 1.83. The highest BCUT2D eigenvalue weighted by Crippen LogP contribution is 2.28. The molecule has 21 heavy (non-hydrogen) atoms. The number of hydrogen-bond acceptors (Lipinski definition) is 4. The minimum Gasteiger partial charge on any atom is -0.465 e. The van der Waals surface area contributed by atoms with Crippen molar-refractivity contribution in [3.8, 4) is 0 Å². The summed E-state index contributed by atoms with van der Waals surface area (Å²) in [6, 6.07) is 6.36. The Bertz CT molecular complexity index is 620. The third-order valence-corrected chi connectivity index (χ3v) is 2.88. The van der Waals surface area contributed by atoms with Crippen molar-refractivity contribution in [2.45, 2.75) is 12.0 Å². The summed E-state index contributed by atoms with van der Waals surface area (Å²) in [6.45, 7) is 0. The lowest BCUT2D eigenvalue weighted by Gasteiger charge is -2.24. The smallest absolute Gasteiger partial charge is 0.338 e. The van der Waals surface area contributed by atoms with E-state index >= 15 is 0 Å². The van der Waals surface area contributed by atoms with Crippen molar-refractivity contribution in [1.29, 1.82) is 0 Å². The van der Waals surface area contributed by atoms with Gasteiger partial charge in [-0.25, -0.2) is 9.59 Å². The van der Waals surface area contributed by atoms with Gasteiger partial charge in [-0.05, 0) is 23.8 Å². The van der Waals surface area contributed by atoms with Crippen LogP contribution in [0.4, 0.5) is 8.78 Å². The lowest BCUT2D eigenvalue weighted by atomic mass is 10.0. The van der Waals surface area contributed by atoms with E-state index in [-0.39, 0.29) is 5.56 Å². The fraction of sp³-hybridized carbons (Fsp3) is 0.200. The number of hydrogen-bond donors (Lipinski definition) is 0. The Morgan fingerprint density at radius 3 is 2.81 bits per heavy atom. The van der Waals surface area contributed by atoms with Gasteiger partial charge in [-0.15, -0.1) is 0 Å². The number of alkyl halides is 2. The van der Waals surface area contributed by atoms with Gasteiger partial charge >= 0.3 is 17.9 Å². The third-order valence-electron chi connectivity index (χ3n) is 2.88. The predicted octanol–water partition coefficient (Wildman–Crippen LogP) is 2.60. The molecule has 0 saturated carbocycles. The van der Waals surface area contributed by atoms with Crippen molar-refractivity contribution in [2.75, 3.05) is 7.11 Å². The third kappa shape index (κ3) is 3.34. The molecule has 1 aliphatic rings. The maximum atomic E-state index is 13.6. The van der Waals surface area contributed by atoms with Gasteiger partial charge in [0, 0.05) is 6.08 Å². The molecule has 0 N–H and O–H groups in total. The molecule has 1 aliphatic heterocycles. The molecule has 0 aromatic heterocycles. The van der Waals surface area contributed by atoms with E-state index in [1.54, 1.807) is 18.2 Å². The number of rotatable bonds is 3. The van der Waals surface area contributed by atoms with Gasteiger partial charge in [-0.2, -0.15) is 8.78 Å². The molecule has 0 spiro atoms. The van der Waals surface area contributed by atoms with Crippen LogP contribution in [0, 0.1) is 0 Å². The predicted molar refractivity (Wildman–Crippen MR) is 70.8 cm³/mol. The zero-order valence-corrected chi connectivity index (χ0v) is 11.1. The molecule has 6 heteroatoms. The van der Waals surface area contributed by atoms with Gasteiger partial charge in [-0.3, -0.25) is 0 Å². The molecule has 0 unspecified atom stereocenters. The monoisotopic (exact) mass is 294 g/mol. The fourth-order valence-corrected chi connectivity index (χ4v) is 1.81. The van der Waals surface area contributed by atoms with Gasteiger partial charge in [0.2, 0.25) is 0 Å². The zero-order chi connectivity index (χ0) is 15.5. The lowest BCUT2D eigenvalue weighted by molar-refractivity contribution is -0.157. The average Bonchev–Trinajstić information content (AvgIpc) is 2.48. The Labute approximate surface area is 119 Å². The van der Waals surface area contributed by atoms with Crippen molar-refractivity contribution >= 4 is 18.0 Å². The minimum atomic E-state index is -3.29. The van der Waals surface area contributed by atoms with E-state index in [4.69, 9.17) is 0 Å². The van der Waals surface area contributed by atoms with Gasteiger partial charge in [-0.1, -0.05) is 24.3 Å². The van der Waals surface area contributed by atoms with E-state index in [0.717, 1.165) is 6.08 Å². The molecule has 0 fully saturated rings. The van der Waals surface area contributed by atoms with E-state index in [0.29, 0.717) is 17.7 Å². The summed E-state index contributed by atoms with van der Waals surface area (Å²) in [5.74, 6) is -4.70. The first kappa shape index (κ1) is 14.9. The average molecular weight is 294 g/mol. The van der Waals surface area contributed by atoms with Crippen LogP contribution in [0.25, 0.3) is 6.08 Å². The minimum absolute atomic E-state index is 0.234. The van der Waals surface area contributed by atoms with Gasteiger partial charge in [0.1, 0.15) is 0 Å². The SMILES string of the molecule is COC(=O)c1ccccc1/C=C/[C@H]1OC(=O)C=CC1(F)F. The number of ether oxygens (including phenoxy) is 2. The molecule has 1 atom stereocenters. The van der Waals surface area contributed by atoms with Gasteiger partial charge in [0.25, 0.3) is 0 Å². The van der Waals surface area contributed by atoms with E-state index < -0.39 is 24.0 Å². The molecule has 1 aromatic carbocycles.